The molecule has 1 aromatic carbocycles. The van der Waals surface area contributed by atoms with E-state index in [0.29, 0.717) is 18.5 Å². The van der Waals surface area contributed by atoms with E-state index in [9.17, 15) is 20.0 Å². The quantitative estimate of drug-likeness (QED) is 0.634. The molecule has 0 aliphatic carbocycles. The molecule has 0 atom stereocenters. The Bertz CT molecular complexity index is 592. The molecule has 1 aliphatic heterocycles. The third-order valence-electron chi connectivity index (χ3n) is 3.16. The molecular formula is C14H18N2O5. The Kier molecular flexibility index (Phi) is 3.76. The van der Waals surface area contributed by atoms with Crippen LogP contribution in [0.25, 0.3) is 0 Å². The van der Waals surface area contributed by atoms with Crippen molar-refractivity contribution in [1.82, 2.24) is 4.90 Å². The number of carbonyl (C=O) groups is 1. The number of aromatic hydroxyl groups is 1. The highest BCUT2D eigenvalue weighted by atomic mass is 16.6. The van der Waals surface area contributed by atoms with Gasteiger partial charge in [-0.15, -0.1) is 0 Å². The fourth-order valence-electron chi connectivity index (χ4n) is 2.21. The second-order valence-corrected chi connectivity index (χ2v) is 6.02. The number of benzene rings is 1. The molecule has 1 N–H and O–H groups in total. The SMILES string of the molecule is CC(C)(C)OC(=O)N1CCc2cc([N+](=O)[O-])c(O)cc2C1. The van der Waals surface area contributed by atoms with E-state index >= 15 is 0 Å². The summed E-state index contributed by atoms with van der Waals surface area (Å²) < 4.78 is 5.30. The fourth-order valence-corrected chi connectivity index (χ4v) is 2.21. The van der Waals surface area contributed by atoms with E-state index in [1.54, 1.807) is 20.8 Å². The molecule has 7 nitrogen and oxygen atoms in total. The van der Waals surface area contributed by atoms with E-state index in [1.165, 1.54) is 17.0 Å². The summed E-state index contributed by atoms with van der Waals surface area (Å²) in [6.45, 7) is 6.08. The summed E-state index contributed by atoms with van der Waals surface area (Å²) in [6.07, 6.45) is 0.0707. The average molecular weight is 294 g/mol. The normalized spacial score (nSPS) is 14.5. The van der Waals surface area contributed by atoms with E-state index < -0.39 is 16.6 Å². The fraction of sp³-hybridized carbons (Fsp3) is 0.500. The lowest BCUT2D eigenvalue weighted by molar-refractivity contribution is -0.385. The molecule has 1 heterocycles. The number of phenols is 1. The van der Waals surface area contributed by atoms with E-state index in [4.69, 9.17) is 4.74 Å². The van der Waals surface area contributed by atoms with Crippen LogP contribution in [-0.4, -0.2) is 33.2 Å². The van der Waals surface area contributed by atoms with Crippen molar-refractivity contribution in [2.75, 3.05) is 6.54 Å². The van der Waals surface area contributed by atoms with Crippen LogP contribution in [0.1, 0.15) is 31.9 Å². The van der Waals surface area contributed by atoms with Crippen molar-refractivity contribution in [3.05, 3.63) is 33.4 Å². The van der Waals surface area contributed by atoms with Crippen LogP contribution in [0.2, 0.25) is 0 Å². The molecule has 0 radical (unpaired) electrons. The Morgan fingerprint density at radius 2 is 2.05 bits per heavy atom. The molecule has 1 aromatic rings. The minimum atomic E-state index is -0.615. The monoisotopic (exact) mass is 294 g/mol. The summed E-state index contributed by atoms with van der Waals surface area (Å²) >= 11 is 0. The number of carbonyl (C=O) groups excluding carboxylic acids is 1. The third kappa shape index (κ3) is 3.42. The van der Waals surface area contributed by atoms with Gasteiger partial charge in [-0.3, -0.25) is 10.1 Å². The number of phenolic OH excluding ortho intramolecular Hbond substituents is 1. The highest BCUT2D eigenvalue weighted by Crippen LogP contribution is 2.32. The number of amides is 1. The molecule has 1 aliphatic rings. The maximum atomic E-state index is 12.0. The zero-order valence-electron chi connectivity index (χ0n) is 12.3. The van der Waals surface area contributed by atoms with Crippen LogP contribution in [0.3, 0.4) is 0 Å². The second-order valence-electron chi connectivity index (χ2n) is 6.02. The smallest absolute Gasteiger partial charge is 0.410 e. The maximum absolute atomic E-state index is 12.0. The molecule has 1 amide bonds. The van der Waals surface area contributed by atoms with Gasteiger partial charge in [-0.05, 0) is 44.4 Å². The Morgan fingerprint density at radius 3 is 2.62 bits per heavy atom. The van der Waals surface area contributed by atoms with Crippen molar-refractivity contribution in [2.24, 2.45) is 0 Å². The molecule has 0 bridgehead atoms. The van der Waals surface area contributed by atoms with Gasteiger partial charge >= 0.3 is 11.8 Å². The summed E-state index contributed by atoms with van der Waals surface area (Å²) in [6, 6.07) is 2.72. The Hall–Kier alpha value is -2.31. The standard InChI is InChI=1S/C14H18N2O5/c1-14(2,3)21-13(18)15-5-4-9-6-11(16(19)20)12(17)7-10(9)8-15/h6-7,17H,4-5,8H2,1-3H3. The Labute approximate surface area is 122 Å². The molecular weight excluding hydrogens is 276 g/mol. The lowest BCUT2D eigenvalue weighted by Gasteiger charge is -2.31. The molecule has 0 aromatic heterocycles. The molecule has 0 fully saturated rings. The van der Waals surface area contributed by atoms with Crippen LogP contribution in [0, 0.1) is 10.1 Å². The van der Waals surface area contributed by atoms with Crippen molar-refractivity contribution >= 4 is 11.8 Å². The van der Waals surface area contributed by atoms with Crippen LogP contribution >= 0.6 is 0 Å². The van der Waals surface area contributed by atoms with Gasteiger partial charge in [-0.25, -0.2) is 4.79 Å². The van der Waals surface area contributed by atoms with Crippen molar-refractivity contribution in [3.8, 4) is 5.75 Å². The van der Waals surface area contributed by atoms with E-state index in [2.05, 4.69) is 0 Å². The number of nitrogens with zero attached hydrogens (tertiary/aromatic N) is 2. The summed E-state index contributed by atoms with van der Waals surface area (Å²) in [5.41, 5.74) is 0.601. The summed E-state index contributed by atoms with van der Waals surface area (Å²) in [5.74, 6) is -0.384. The number of hydrogen-bond donors (Lipinski definition) is 1. The number of rotatable bonds is 1. The zero-order chi connectivity index (χ0) is 15.8. The largest absolute Gasteiger partial charge is 0.502 e. The van der Waals surface area contributed by atoms with Crippen LogP contribution < -0.4 is 0 Å². The third-order valence-corrected chi connectivity index (χ3v) is 3.16. The van der Waals surface area contributed by atoms with Crippen LogP contribution in [-0.2, 0) is 17.7 Å². The predicted octanol–water partition coefficient (Wildman–Crippen LogP) is 2.59. The molecule has 0 saturated heterocycles. The van der Waals surface area contributed by atoms with Crippen LogP contribution in [0.5, 0.6) is 5.75 Å². The van der Waals surface area contributed by atoms with E-state index in [-0.39, 0.29) is 18.0 Å². The van der Waals surface area contributed by atoms with Crippen molar-refractivity contribution in [3.63, 3.8) is 0 Å². The summed E-state index contributed by atoms with van der Waals surface area (Å²) in [5, 5.41) is 20.5. The van der Waals surface area contributed by atoms with Crippen molar-refractivity contribution in [1.29, 1.82) is 0 Å². The van der Waals surface area contributed by atoms with Gasteiger partial charge in [0.2, 0.25) is 0 Å². The molecule has 0 unspecified atom stereocenters. The van der Waals surface area contributed by atoms with Gasteiger partial charge in [-0.2, -0.15) is 0 Å². The topological polar surface area (TPSA) is 92.9 Å². The predicted molar refractivity (Wildman–Crippen MR) is 75.1 cm³/mol. The molecule has 7 heteroatoms. The lowest BCUT2D eigenvalue weighted by Crippen LogP contribution is -2.39. The second kappa shape index (κ2) is 5.23. The average Bonchev–Trinajstić information content (AvgIpc) is 2.34. The first kappa shape index (κ1) is 15.1. The van der Waals surface area contributed by atoms with Gasteiger partial charge in [0, 0.05) is 19.2 Å². The first-order chi connectivity index (χ1) is 9.67. The van der Waals surface area contributed by atoms with Gasteiger partial charge in [0.25, 0.3) is 0 Å². The molecule has 114 valence electrons. The first-order valence-corrected chi connectivity index (χ1v) is 6.64. The number of hydrogen-bond acceptors (Lipinski definition) is 5. The van der Waals surface area contributed by atoms with Crippen LogP contribution in [0.4, 0.5) is 10.5 Å². The number of nitro benzene ring substituents is 1. The zero-order valence-corrected chi connectivity index (χ0v) is 12.3. The molecule has 2 rings (SSSR count). The van der Waals surface area contributed by atoms with Gasteiger partial charge in [0.05, 0.1) is 4.92 Å². The number of fused-ring (bicyclic) bond motifs is 1. The summed E-state index contributed by atoms with van der Waals surface area (Å²) in [4.78, 5) is 23.7. The summed E-state index contributed by atoms with van der Waals surface area (Å²) in [7, 11) is 0. The van der Waals surface area contributed by atoms with Gasteiger partial charge in [0.1, 0.15) is 5.60 Å². The Morgan fingerprint density at radius 1 is 1.38 bits per heavy atom. The van der Waals surface area contributed by atoms with Gasteiger partial charge < -0.3 is 14.7 Å². The van der Waals surface area contributed by atoms with Crippen LogP contribution in [0.15, 0.2) is 12.1 Å². The highest BCUT2D eigenvalue weighted by molar-refractivity contribution is 5.69. The lowest BCUT2D eigenvalue weighted by atomic mass is 9.99. The Balaban J connectivity index is 2.19. The first-order valence-electron chi connectivity index (χ1n) is 6.64. The minimum absolute atomic E-state index is 0.274. The van der Waals surface area contributed by atoms with E-state index in [1.807, 2.05) is 0 Å². The van der Waals surface area contributed by atoms with Crippen molar-refractivity contribution in [2.45, 2.75) is 39.3 Å². The number of nitro groups is 1. The van der Waals surface area contributed by atoms with Crippen molar-refractivity contribution < 1.29 is 19.6 Å². The molecule has 0 saturated carbocycles. The van der Waals surface area contributed by atoms with Gasteiger partial charge in [0.15, 0.2) is 5.75 Å². The van der Waals surface area contributed by atoms with E-state index in [0.717, 1.165) is 5.56 Å². The molecule has 0 spiro atoms. The minimum Gasteiger partial charge on any atom is -0.502 e. The highest BCUT2D eigenvalue weighted by Gasteiger charge is 2.28. The molecule has 21 heavy (non-hydrogen) atoms. The maximum Gasteiger partial charge on any atom is 0.410 e. The number of ether oxygens (including phenoxy) is 1. The van der Waals surface area contributed by atoms with Gasteiger partial charge in [-0.1, -0.05) is 0 Å².